The molecule has 0 N–H and O–H groups in total. The number of hydrogen-bond donors (Lipinski definition) is 0. The van der Waals surface area contributed by atoms with Gasteiger partial charge in [0.05, 0.1) is 0 Å². The van der Waals surface area contributed by atoms with Crippen molar-refractivity contribution < 1.29 is 4.39 Å². The lowest BCUT2D eigenvalue weighted by molar-refractivity contribution is 0.615. The summed E-state index contributed by atoms with van der Waals surface area (Å²) in [6.45, 7) is 1.85. The molecule has 1 aromatic rings. The average Bonchev–Trinajstić information content (AvgIpc) is 2.91. The Hall–Kier alpha value is -0.850. The molecule has 1 radical (unpaired) electrons. The fourth-order valence-electron chi connectivity index (χ4n) is 1.50. The molecule has 13 heavy (non-hydrogen) atoms. The van der Waals surface area contributed by atoms with E-state index in [0.717, 1.165) is 23.5 Å². The zero-order valence-electron chi connectivity index (χ0n) is 7.89. The summed E-state index contributed by atoms with van der Waals surface area (Å²) in [6, 6.07) is 5.33. The first kappa shape index (κ1) is 8.74. The SMILES string of the molecule is Cc1c(F)cccc1C[CH]C1CC1. The molecule has 1 aliphatic rings. The second-order valence-corrected chi connectivity index (χ2v) is 3.80. The maximum Gasteiger partial charge on any atom is 0.126 e. The van der Waals surface area contributed by atoms with Crippen molar-refractivity contribution in [2.24, 2.45) is 5.92 Å². The van der Waals surface area contributed by atoms with Crippen molar-refractivity contribution in [2.75, 3.05) is 0 Å². The van der Waals surface area contributed by atoms with Gasteiger partial charge in [-0.25, -0.2) is 4.39 Å². The van der Waals surface area contributed by atoms with Gasteiger partial charge >= 0.3 is 0 Å². The molecule has 1 aromatic carbocycles. The van der Waals surface area contributed by atoms with Crippen molar-refractivity contribution in [1.82, 2.24) is 0 Å². The zero-order valence-corrected chi connectivity index (χ0v) is 7.89. The molecule has 0 amide bonds. The van der Waals surface area contributed by atoms with Gasteiger partial charge in [0, 0.05) is 0 Å². The molecule has 1 heteroatoms. The topological polar surface area (TPSA) is 0 Å². The summed E-state index contributed by atoms with van der Waals surface area (Å²) in [7, 11) is 0. The molecule has 0 saturated heterocycles. The molecule has 1 aliphatic carbocycles. The molecule has 0 unspecified atom stereocenters. The van der Waals surface area contributed by atoms with Crippen LogP contribution in [0.1, 0.15) is 24.0 Å². The highest BCUT2D eigenvalue weighted by Gasteiger charge is 2.21. The molecule has 0 bridgehead atoms. The Morgan fingerprint density at radius 1 is 1.46 bits per heavy atom. The molecular formula is C12H14F. The lowest BCUT2D eigenvalue weighted by Gasteiger charge is -2.05. The van der Waals surface area contributed by atoms with Crippen LogP contribution in [0.5, 0.6) is 0 Å². The Bertz CT molecular complexity index is 300. The van der Waals surface area contributed by atoms with E-state index < -0.39 is 0 Å². The van der Waals surface area contributed by atoms with E-state index in [0.29, 0.717) is 0 Å². The first-order chi connectivity index (χ1) is 6.27. The third kappa shape index (κ3) is 2.09. The lowest BCUT2D eigenvalue weighted by atomic mass is 10.0. The summed E-state index contributed by atoms with van der Waals surface area (Å²) in [5.74, 6) is 0.726. The molecular weight excluding hydrogens is 163 g/mol. The highest BCUT2D eigenvalue weighted by atomic mass is 19.1. The van der Waals surface area contributed by atoms with E-state index in [9.17, 15) is 4.39 Å². The van der Waals surface area contributed by atoms with Crippen molar-refractivity contribution >= 4 is 0 Å². The highest BCUT2D eigenvalue weighted by molar-refractivity contribution is 5.28. The van der Waals surface area contributed by atoms with Gasteiger partial charge < -0.3 is 0 Å². The third-order valence-electron chi connectivity index (χ3n) is 2.67. The Labute approximate surface area is 78.8 Å². The van der Waals surface area contributed by atoms with E-state index in [1.54, 1.807) is 6.07 Å². The van der Waals surface area contributed by atoms with Gasteiger partial charge in [0.15, 0.2) is 0 Å². The van der Waals surface area contributed by atoms with Gasteiger partial charge in [-0.3, -0.25) is 0 Å². The van der Waals surface area contributed by atoms with Crippen molar-refractivity contribution in [3.63, 3.8) is 0 Å². The zero-order chi connectivity index (χ0) is 9.26. The predicted molar refractivity (Wildman–Crippen MR) is 51.9 cm³/mol. The molecule has 0 aromatic heterocycles. The Morgan fingerprint density at radius 3 is 2.92 bits per heavy atom. The standard InChI is InChI=1S/C12H14F/c1-9-11(3-2-4-12(9)13)8-7-10-5-6-10/h2-4,7,10H,5-6,8H2,1H3. The second kappa shape index (κ2) is 3.49. The summed E-state index contributed by atoms with van der Waals surface area (Å²) < 4.78 is 13.1. The number of benzene rings is 1. The summed E-state index contributed by atoms with van der Waals surface area (Å²) >= 11 is 0. The normalized spacial score (nSPS) is 16.2. The molecule has 0 atom stereocenters. The van der Waals surface area contributed by atoms with E-state index in [-0.39, 0.29) is 5.82 Å². The van der Waals surface area contributed by atoms with Crippen LogP contribution in [0.4, 0.5) is 4.39 Å². The Morgan fingerprint density at radius 2 is 2.23 bits per heavy atom. The molecule has 0 nitrogen and oxygen atoms in total. The molecule has 69 valence electrons. The summed E-state index contributed by atoms with van der Waals surface area (Å²) in [6.07, 6.45) is 5.89. The second-order valence-electron chi connectivity index (χ2n) is 3.80. The average molecular weight is 177 g/mol. The van der Waals surface area contributed by atoms with Gasteiger partial charge in [-0.2, -0.15) is 0 Å². The summed E-state index contributed by atoms with van der Waals surface area (Å²) in [5.41, 5.74) is 1.94. The smallest absolute Gasteiger partial charge is 0.126 e. The van der Waals surface area contributed by atoms with Crippen LogP contribution in [0, 0.1) is 25.1 Å². The lowest BCUT2D eigenvalue weighted by Crippen LogP contribution is -1.94. The van der Waals surface area contributed by atoms with Crippen molar-refractivity contribution in [2.45, 2.75) is 26.2 Å². The Balaban J connectivity index is 2.05. The van der Waals surface area contributed by atoms with Crippen LogP contribution in [0.15, 0.2) is 18.2 Å². The van der Waals surface area contributed by atoms with Gasteiger partial charge in [0.25, 0.3) is 0 Å². The highest BCUT2D eigenvalue weighted by Crippen LogP contribution is 2.33. The van der Waals surface area contributed by atoms with Gasteiger partial charge in [0.2, 0.25) is 0 Å². The van der Waals surface area contributed by atoms with Gasteiger partial charge in [-0.05, 0) is 55.7 Å². The maximum atomic E-state index is 13.1. The number of hydrogen-bond acceptors (Lipinski definition) is 0. The molecule has 1 saturated carbocycles. The summed E-state index contributed by atoms with van der Waals surface area (Å²) in [4.78, 5) is 0. The van der Waals surface area contributed by atoms with Gasteiger partial charge in [0.1, 0.15) is 5.82 Å². The Kier molecular flexibility index (Phi) is 2.34. The largest absolute Gasteiger partial charge is 0.207 e. The van der Waals surface area contributed by atoms with Crippen LogP contribution in [0.2, 0.25) is 0 Å². The molecule has 2 rings (SSSR count). The fourth-order valence-corrected chi connectivity index (χ4v) is 1.50. The van der Waals surface area contributed by atoms with Crippen LogP contribution in [-0.2, 0) is 6.42 Å². The van der Waals surface area contributed by atoms with E-state index in [1.165, 1.54) is 18.9 Å². The molecule has 0 aliphatic heterocycles. The first-order valence-electron chi connectivity index (χ1n) is 4.84. The van der Waals surface area contributed by atoms with Crippen molar-refractivity contribution in [3.05, 3.63) is 41.6 Å². The van der Waals surface area contributed by atoms with E-state index in [1.807, 2.05) is 13.0 Å². The van der Waals surface area contributed by atoms with E-state index in [2.05, 4.69) is 6.42 Å². The van der Waals surface area contributed by atoms with Crippen LogP contribution in [0.25, 0.3) is 0 Å². The molecule has 1 fully saturated rings. The minimum atomic E-state index is -0.0818. The van der Waals surface area contributed by atoms with Crippen LogP contribution in [-0.4, -0.2) is 0 Å². The number of halogens is 1. The van der Waals surface area contributed by atoms with Crippen LogP contribution in [0.3, 0.4) is 0 Å². The predicted octanol–water partition coefficient (Wildman–Crippen LogP) is 3.29. The van der Waals surface area contributed by atoms with Gasteiger partial charge in [-0.15, -0.1) is 0 Å². The minimum absolute atomic E-state index is 0.0818. The van der Waals surface area contributed by atoms with E-state index >= 15 is 0 Å². The third-order valence-corrected chi connectivity index (χ3v) is 2.67. The van der Waals surface area contributed by atoms with Crippen LogP contribution >= 0.6 is 0 Å². The maximum absolute atomic E-state index is 13.1. The minimum Gasteiger partial charge on any atom is -0.207 e. The van der Waals surface area contributed by atoms with Crippen molar-refractivity contribution in [1.29, 1.82) is 0 Å². The molecule has 0 heterocycles. The quantitative estimate of drug-likeness (QED) is 0.664. The van der Waals surface area contributed by atoms with E-state index in [4.69, 9.17) is 0 Å². The van der Waals surface area contributed by atoms with Crippen LogP contribution < -0.4 is 0 Å². The van der Waals surface area contributed by atoms with Gasteiger partial charge in [-0.1, -0.05) is 12.1 Å². The monoisotopic (exact) mass is 177 g/mol. The fraction of sp³-hybridized carbons (Fsp3) is 0.417. The number of rotatable bonds is 3. The van der Waals surface area contributed by atoms with Crippen molar-refractivity contribution in [3.8, 4) is 0 Å². The molecule has 0 spiro atoms. The summed E-state index contributed by atoms with van der Waals surface area (Å²) in [5, 5.41) is 0. The first-order valence-corrected chi connectivity index (χ1v) is 4.84.